The molecule has 3 aromatic rings. The minimum atomic E-state index is -4.36. The molecular weight excluding hydrogens is 859 g/mol. The van der Waals surface area contributed by atoms with Crippen molar-refractivity contribution in [2.45, 2.75) is 127 Å². The van der Waals surface area contributed by atoms with Crippen LogP contribution in [0, 0.1) is 5.92 Å². The number of fused-ring (bicyclic) bond motifs is 4. The molecule has 20 nitrogen and oxygen atoms in total. The highest BCUT2D eigenvalue weighted by molar-refractivity contribution is 8.44. The summed E-state index contributed by atoms with van der Waals surface area (Å²) in [5, 5.41) is 8.18. The summed E-state index contributed by atoms with van der Waals surface area (Å²) in [5.41, 5.74) is 4.06. The summed E-state index contributed by atoms with van der Waals surface area (Å²) >= 11 is 8.78. The second kappa shape index (κ2) is 17.3. The Kier molecular flexibility index (Phi) is 13.6. The Morgan fingerprint density at radius 2 is 1.65 bits per heavy atom. The highest BCUT2D eigenvalue weighted by atomic mass is 32.7. The molecule has 6 rings (SSSR count). The maximum absolute atomic E-state index is 14.4. The summed E-state index contributed by atoms with van der Waals surface area (Å²) in [6, 6.07) is 1.60. The van der Waals surface area contributed by atoms with E-state index in [-0.39, 0.29) is 52.3 Å². The van der Waals surface area contributed by atoms with Crippen molar-refractivity contribution in [2.24, 2.45) is 5.92 Å². The lowest BCUT2D eigenvalue weighted by Crippen LogP contribution is -2.62. The van der Waals surface area contributed by atoms with Crippen molar-refractivity contribution in [3.8, 4) is 5.88 Å². The monoisotopic (exact) mass is 910 g/mol. The third kappa shape index (κ3) is 9.59. The fourth-order valence-corrected chi connectivity index (χ4v) is 20.6. The van der Waals surface area contributed by atoms with Crippen LogP contribution in [0.15, 0.2) is 23.4 Å². The molecule has 3 aliphatic rings. The van der Waals surface area contributed by atoms with Gasteiger partial charge in [-0.3, -0.25) is 23.3 Å². The van der Waals surface area contributed by atoms with Crippen molar-refractivity contribution in [3.05, 3.63) is 28.9 Å². The van der Waals surface area contributed by atoms with E-state index in [1.807, 2.05) is 55.4 Å². The highest BCUT2D eigenvalue weighted by Crippen LogP contribution is 2.61. The topological polar surface area (TPSA) is 256 Å². The molecule has 2 aliphatic heterocycles. The predicted molar refractivity (Wildman–Crippen MR) is 218 cm³/mol. The smallest absolute Gasteiger partial charge is 0.386 e. The maximum Gasteiger partial charge on any atom is 0.386 e. The molecule has 0 aromatic carbocycles. The van der Waals surface area contributed by atoms with Crippen LogP contribution in [0.5, 0.6) is 5.88 Å². The van der Waals surface area contributed by atoms with Crippen LogP contribution >= 0.6 is 38.1 Å². The molecule has 1 aliphatic carbocycles. The van der Waals surface area contributed by atoms with E-state index in [9.17, 15) is 18.7 Å². The second-order valence-corrected chi connectivity index (χ2v) is 30.1. The summed E-state index contributed by atoms with van der Waals surface area (Å²) in [6.45, 7) is 6.26. The van der Waals surface area contributed by atoms with Gasteiger partial charge in [-0.05, 0) is 28.6 Å². The number of hydrogen-bond donors (Lipinski definition) is 5. The number of nitrogens with two attached hydrogens (primary N) is 1. The third-order valence-electron chi connectivity index (χ3n) is 10.6. The molecule has 2 bridgehead atoms. The fourth-order valence-electron chi connectivity index (χ4n) is 7.59. The van der Waals surface area contributed by atoms with Crippen LogP contribution in [0.4, 0.5) is 5.95 Å². The molecule has 4 N–H and O–H groups in total. The number of H-pyrrole nitrogens is 1. The Morgan fingerprint density at radius 1 is 0.982 bits per heavy atom. The van der Waals surface area contributed by atoms with Crippen molar-refractivity contribution in [2.75, 3.05) is 18.9 Å². The van der Waals surface area contributed by atoms with Crippen LogP contribution in [0.25, 0.3) is 11.2 Å². The predicted octanol–water partition coefficient (Wildman–Crippen LogP) is 5.45. The molecule has 3 aromatic heterocycles. The van der Waals surface area contributed by atoms with Gasteiger partial charge in [-0.2, -0.15) is 9.67 Å². The Balaban J connectivity index is 1.43. The zero-order chi connectivity index (χ0) is 41.7. The summed E-state index contributed by atoms with van der Waals surface area (Å²) in [5.74, 6) is -0.417. The molecule has 2 saturated heterocycles. The molecule has 57 heavy (non-hydrogen) atoms. The molecule has 0 spiro atoms. The first-order valence-corrected chi connectivity index (χ1v) is 28.1. The van der Waals surface area contributed by atoms with Gasteiger partial charge in [0.05, 0.1) is 19.3 Å². The number of nitrogen functional groups attached to an aromatic ring is 1. The van der Waals surface area contributed by atoms with Gasteiger partial charge in [0.2, 0.25) is 11.8 Å². The van der Waals surface area contributed by atoms with Gasteiger partial charge in [0.25, 0.3) is 5.56 Å². The van der Waals surface area contributed by atoms with E-state index in [1.165, 1.54) is 12.5 Å². The lowest BCUT2D eigenvalue weighted by atomic mass is 10.1. The van der Waals surface area contributed by atoms with E-state index < -0.39 is 85.5 Å². The van der Waals surface area contributed by atoms with Crippen LogP contribution < -0.4 is 16.0 Å². The Bertz CT molecular complexity index is 2020. The Labute approximate surface area is 342 Å². The van der Waals surface area contributed by atoms with Crippen LogP contribution in [0.2, 0.25) is 22.2 Å². The lowest BCUT2D eigenvalue weighted by Gasteiger charge is -2.47. The van der Waals surface area contributed by atoms with Crippen LogP contribution in [0.1, 0.15) is 74.5 Å². The molecule has 0 unspecified atom stereocenters. The molecule has 26 heteroatoms. The van der Waals surface area contributed by atoms with Gasteiger partial charge in [0.15, 0.2) is 17.4 Å². The molecule has 5 heterocycles. The SMILES string of the molecule is CC(C)[Si](O)(O[Si](O[C@H]1[C@H]2O[P@@](=O)(S)OC[C@H]3C[C@@H](Oc4ccncn4)C[C@@H]3O[P@@](=O)(S)OC[C@H]1O[C@H]2n1nnc2c(=O)[nH]c(N)nc21)(C(C)C)C(C)C)C(C)C. The maximum atomic E-state index is 14.4. The summed E-state index contributed by atoms with van der Waals surface area (Å²) < 4.78 is 80.8. The van der Waals surface area contributed by atoms with E-state index in [4.69, 9.17) is 41.8 Å². The van der Waals surface area contributed by atoms with E-state index in [2.05, 4.69) is 54.7 Å². The lowest BCUT2D eigenvalue weighted by molar-refractivity contribution is -0.0549. The number of aromatic amines is 1. The molecule has 9 atom stereocenters. The first-order valence-electron chi connectivity index (χ1n) is 18.7. The van der Waals surface area contributed by atoms with Gasteiger partial charge in [0, 0.05) is 24.6 Å². The number of rotatable bonds is 11. The van der Waals surface area contributed by atoms with Gasteiger partial charge >= 0.3 is 30.7 Å². The normalized spacial score (nSPS) is 31.8. The molecule has 3 fully saturated rings. The molecular formula is C31H52N8O12P2S2Si2. The highest BCUT2D eigenvalue weighted by Gasteiger charge is 2.60. The minimum absolute atomic E-state index is 0.0770. The van der Waals surface area contributed by atoms with Gasteiger partial charge in [-0.15, -0.1) is 5.10 Å². The fraction of sp³-hybridized carbons (Fsp3) is 0.742. The van der Waals surface area contributed by atoms with Gasteiger partial charge < -0.3 is 33.1 Å². The molecule has 1 saturated carbocycles. The summed E-state index contributed by atoms with van der Waals surface area (Å²) in [7, 11) is -7.11. The minimum Gasteiger partial charge on any atom is -0.474 e. The first-order chi connectivity index (χ1) is 26.6. The summed E-state index contributed by atoms with van der Waals surface area (Å²) in [6.07, 6.45) is -2.93. The number of ether oxygens (including phenoxy) is 2. The van der Waals surface area contributed by atoms with E-state index in [0.29, 0.717) is 12.3 Å². The average Bonchev–Trinajstić information content (AvgIpc) is 3.80. The van der Waals surface area contributed by atoms with Gasteiger partial charge in [0.1, 0.15) is 30.7 Å². The number of hydrogen-bond acceptors (Lipinski definition) is 18. The quantitative estimate of drug-likeness (QED) is 0.0910. The number of nitrogens with zero attached hydrogens (tertiary/aromatic N) is 6. The number of anilines is 1. The standard InChI is InChI=1S/C31H52N8O12P2S2Si2/c1-16(2)56(43,17(3)4)51-57(18(5)6,19(7)8)50-26-23-14-45-52(41,54)48-22-12-21(46-24-9-10-33-15-34-24)11-20(22)13-44-53(42,55)49-27(26)30(47-23)39-28-25(37-38-39)29(40)36-31(32)35-28/h9-10,15-23,26-27,30,43H,11-14H2,1-8H3,(H,41,54)(H,42,55)(H3,32,35,36,40)/t20-,21-,22+,23-,26-,27-,30-,52+,53+/m1/s1. The van der Waals surface area contributed by atoms with Crippen LogP contribution in [0.3, 0.4) is 0 Å². The second-order valence-electron chi connectivity index (χ2n) is 15.8. The number of aromatic nitrogens is 7. The zero-order valence-corrected chi connectivity index (χ0v) is 38.5. The van der Waals surface area contributed by atoms with Crippen LogP contribution in [-0.2, 0) is 40.5 Å². The molecule has 0 amide bonds. The zero-order valence-electron chi connectivity index (χ0n) is 32.9. The molecule has 0 radical (unpaired) electrons. The van der Waals surface area contributed by atoms with Crippen LogP contribution in [-0.4, -0.2) is 101 Å². The summed E-state index contributed by atoms with van der Waals surface area (Å²) in [4.78, 5) is 39.7. The number of nitrogens with one attached hydrogen (secondary N) is 1. The van der Waals surface area contributed by atoms with E-state index in [0.717, 1.165) is 4.68 Å². The third-order valence-corrected chi connectivity index (χ3v) is 23.6. The van der Waals surface area contributed by atoms with Gasteiger partial charge in [-0.1, -0.05) is 85.1 Å². The van der Waals surface area contributed by atoms with Crippen molar-refractivity contribution in [1.82, 2.24) is 34.9 Å². The molecule has 318 valence electrons. The number of thiol groups is 2. The first kappa shape index (κ1) is 44.8. The Hall–Kier alpha value is -1.77. The largest absolute Gasteiger partial charge is 0.474 e. The van der Waals surface area contributed by atoms with Crippen molar-refractivity contribution in [1.29, 1.82) is 0 Å². The Morgan fingerprint density at radius 3 is 2.28 bits per heavy atom. The van der Waals surface area contributed by atoms with Crippen molar-refractivity contribution >= 4 is 72.3 Å². The van der Waals surface area contributed by atoms with Gasteiger partial charge in [-0.25, -0.2) is 19.1 Å². The van der Waals surface area contributed by atoms with E-state index in [1.54, 1.807) is 6.07 Å². The van der Waals surface area contributed by atoms with E-state index >= 15 is 0 Å². The van der Waals surface area contributed by atoms with Crippen molar-refractivity contribution in [3.63, 3.8) is 0 Å². The average molecular weight is 911 g/mol. The van der Waals surface area contributed by atoms with Crippen molar-refractivity contribution < 1.29 is 50.0 Å².